The Hall–Kier alpha value is -1.18. The molecule has 0 rings (SSSR count). The number of unbranched alkanes of at least 4 members (excludes halogenated alkanes) is 29. The molecule has 0 spiro atoms. The predicted molar refractivity (Wildman–Crippen MR) is 226 cm³/mol. The summed E-state index contributed by atoms with van der Waals surface area (Å²) in [5.41, 5.74) is 0. The van der Waals surface area contributed by atoms with E-state index in [2.05, 4.69) is 43.5 Å². The Morgan fingerprint density at radius 1 is 0.519 bits per heavy atom. The van der Waals surface area contributed by atoms with E-state index in [0.29, 0.717) is 12.8 Å². The van der Waals surface area contributed by atoms with E-state index in [1.807, 2.05) is 0 Å². The molecule has 7 heteroatoms. The molecular weight excluding hydrogens is 667 g/mol. The lowest BCUT2D eigenvalue weighted by Crippen LogP contribution is -2.47. The summed E-state index contributed by atoms with van der Waals surface area (Å²) < 4.78 is 32.6. The number of amides is 1. The van der Waals surface area contributed by atoms with Gasteiger partial charge in [0.15, 0.2) is 0 Å². The third-order valence-electron chi connectivity index (χ3n) is 10.4. The van der Waals surface area contributed by atoms with Crippen LogP contribution in [-0.4, -0.2) is 41.9 Å². The molecule has 52 heavy (non-hydrogen) atoms. The van der Waals surface area contributed by atoms with Crippen LogP contribution in [0.1, 0.15) is 239 Å². The van der Waals surface area contributed by atoms with Crippen molar-refractivity contribution in [3.63, 3.8) is 0 Å². The van der Waals surface area contributed by atoms with Crippen molar-refractivity contribution in [2.75, 3.05) is 5.75 Å². The minimum Gasteiger partial charge on any atom is -0.391 e. The highest BCUT2D eigenvalue weighted by molar-refractivity contribution is 7.85. The van der Waals surface area contributed by atoms with E-state index in [4.69, 9.17) is 0 Å². The summed E-state index contributed by atoms with van der Waals surface area (Å²) in [6, 6.07) is -0.973. The number of nitrogens with one attached hydrogen (secondary N) is 1. The van der Waals surface area contributed by atoms with Gasteiger partial charge in [-0.1, -0.05) is 212 Å². The standard InChI is InChI=1S/C45H87NO5S/c1-3-5-7-9-11-13-15-17-19-21-22-23-25-26-28-30-32-34-36-38-40-44(47)43(42-52(49,50)51)46-45(48)41-39-37-35-33-31-29-27-24-20-18-16-14-12-10-8-6-4-2/h12,14,18,20,43-44,47H,3-11,13,15-17,19,21-42H2,1-2H3,(H,46,48)(H,49,50,51)/b14-12-,20-18-. The first-order valence-corrected chi connectivity index (χ1v) is 24.1. The number of allylic oxidation sites excluding steroid dienone is 4. The number of hydrogen-bond donors (Lipinski definition) is 3. The topological polar surface area (TPSA) is 104 Å². The summed E-state index contributed by atoms with van der Waals surface area (Å²) in [5, 5.41) is 13.4. The summed E-state index contributed by atoms with van der Waals surface area (Å²) in [4.78, 5) is 12.6. The molecule has 0 heterocycles. The molecule has 0 saturated heterocycles. The Kier molecular flexibility index (Phi) is 38.6. The normalized spacial score (nSPS) is 13.4. The van der Waals surface area contributed by atoms with Crippen LogP contribution < -0.4 is 5.32 Å². The maximum Gasteiger partial charge on any atom is 0.266 e. The van der Waals surface area contributed by atoms with E-state index in [9.17, 15) is 22.9 Å². The van der Waals surface area contributed by atoms with Crippen LogP contribution in [0.4, 0.5) is 0 Å². The minimum atomic E-state index is -4.31. The van der Waals surface area contributed by atoms with Gasteiger partial charge in [-0.25, -0.2) is 0 Å². The Morgan fingerprint density at radius 3 is 1.29 bits per heavy atom. The average molecular weight is 754 g/mol. The lowest BCUT2D eigenvalue weighted by molar-refractivity contribution is -0.122. The number of carbonyl (C=O) groups is 1. The molecule has 308 valence electrons. The molecule has 0 aliphatic rings. The first kappa shape index (κ1) is 50.8. The Balaban J connectivity index is 3.81. The highest BCUT2D eigenvalue weighted by Gasteiger charge is 2.26. The van der Waals surface area contributed by atoms with Gasteiger partial charge in [0.25, 0.3) is 10.1 Å². The maximum atomic E-state index is 12.6. The Labute approximate surface area is 324 Å². The quantitative estimate of drug-likeness (QED) is 0.0328. The lowest BCUT2D eigenvalue weighted by Gasteiger charge is -2.23. The molecule has 2 atom stereocenters. The van der Waals surface area contributed by atoms with Crippen molar-refractivity contribution < 1.29 is 22.9 Å². The van der Waals surface area contributed by atoms with Crippen molar-refractivity contribution >= 4 is 16.0 Å². The van der Waals surface area contributed by atoms with Crippen molar-refractivity contribution in [2.24, 2.45) is 0 Å². The summed E-state index contributed by atoms with van der Waals surface area (Å²) in [6.07, 6.45) is 49.9. The van der Waals surface area contributed by atoms with Crippen LogP contribution in [0.2, 0.25) is 0 Å². The molecule has 0 aliphatic heterocycles. The van der Waals surface area contributed by atoms with Gasteiger partial charge in [0.05, 0.1) is 17.9 Å². The number of hydrogen-bond acceptors (Lipinski definition) is 4. The number of carbonyl (C=O) groups excluding carboxylic acids is 1. The number of rotatable bonds is 41. The fourth-order valence-corrected chi connectivity index (χ4v) is 7.77. The van der Waals surface area contributed by atoms with Gasteiger partial charge >= 0.3 is 0 Å². The largest absolute Gasteiger partial charge is 0.391 e. The SMILES string of the molecule is CCCCC/C=C\C/C=C\CCCCCCCCCC(=O)NC(CS(=O)(=O)O)C(O)CCCCCCCCCCCCCCCCCCCCCC. The Bertz CT molecular complexity index is 919. The molecule has 0 radical (unpaired) electrons. The van der Waals surface area contributed by atoms with Gasteiger partial charge < -0.3 is 10.4 Å². The highest BCUT2D eigenvalue weighted by atomic mass is 32.2. The van der Waals surface area contributed by atoms with Crippen LogP contribution in [0.25, 0.3) is 0 Å². The van der Waals surface area contributed by atoms with Crippen molar-refractivity contribution in [1.82, 2.24) is 5.32 Å². The van der Waals surface area contributed by atoms with Crippen molar-refractivity contribution in [1.29, 1.82) is 0 Å². The van der Waals surface area contributed by atoms with E-state index < -0.39 is 28.0 Å². The van der Waals surface area contributed by atoms with Crippen molar-refractivity contribution in [3.8, 4) is 0 Å². The first-order chi connectivity index (χ1) is 25.3. The van der Waals surface area contributed by atoms with Gasteiger partial charge in [-0.2, -0.15) is 8.42 Å². The fourth-order valence-electron chi connectivity index (χ4n) is 7.02. The van der Waals surface area contributed by atoms with Crippen LogP contribution >= 0.6 is 0 Å². The van der Waals surface area contributed by atoms with Gasteiger partial charge in [0, 0.05) is 6.42 Å². The van der Waals surface area contributed by atoms with Gasteiger partial charge in [-0.05, 0) is 44.9 Å². The second-order valence-electron chi connectivity index (χ2n) is 15.7. The zero-order chi connectivity index (χ0) is 38.2. The maximum absolute atomic E-state index is 12.6. The van der Waals surface area contributed by atoms with E-state index in [-0.39, 0.29) is 5.91 Å². The van der Waals surface area contributed by atoms with E-state index in [1.165, 1.54) is 154 Å². The zero-order valence-electron chi connectivity index (χ0n) is 34.4. The molecule has 0 bridgehead atoms. The van der Waals surface area contributed by atoms with Crippen molar-refractivity contribution in [2.45, 2.75) is 251 Å². The molecule has 3 N–H and O–H groups in total. The molecule has 0 fully saturated rings. The van der Waals surface area contributed by atoms with Gasteiger partial charge in [-0.3, -0.25) is 9.35 Å². The average Bonchev–Trinajstić information content (AvgIpc) is 3.11. The van der Waals surface area contributed by atoms with Crippen LogP contribution in [0.5, 0.6) is 0 Å². The fraction of sp³-hybridized carbons (Fsp3) is 0.889. The van der Waals surface area contributed by atoms with E-state index >= 15 is 0 Å². The Morgan fingerprint density at radius 2 is 0.865 bits per heavy atom. The second-order valence-corrected chi connectivity index (χ2v) is 17.2. The smallest absolute Gasteiger partial charge is 0.266 e. The summed E-state index contributed by atoms with van der Waals surface area (Å²) in [5.74, 6) is -0.900. The summed E-state index contributed by atoms with van der Waals surface area (Å²) >= 11 is 0. The molecule has 0 saturated carbocycles. The second kappa shape index (κ2) is 39.5. The van der Waals surface area contributed by atoms with Gasteiger partial charge in [0.1, 0.15) is 0 Å². The third kappa shape index (κ3) is 40.0. The van der Waals surface area contributed by atoms with Crippen LogP contribution in [0.15, 0.2) is 24.3 Å². The monoisotopic (exact) mass is 754 g/mol. The third-order valence-corrected chi connectivity index (χ3v) is 11.2. The summed E-state index contributed by atoms with van der Waals surface area (Å²) in [7, 11) is -4.31. The molecular formula is C45H87NO5S. The molecule has 0 aromatic rings. The van der Waals surface area contributed by atoms with Gasteiger partial charge in [-0.15, -0.1) is 0 Å². The lowest BCUT2D eigenvalue weighted by atomic mass is 10.0. The van der Waals surface area contributed by atoms with Crippen molar-refractivity contribution in [3.05, 3.63) is 24.3 Å². The van der Waals surface area contributed by atoms with E-state index in [1.54, 1.807) is 0 Å². The van der Waals surface area contributed by atoms with Crippen LogP contribution in [0.3, 0.4) is 0 Å². The zero-order valence-corrected chi connectivity index (χ0v) is 35.3. The number of aliphatic hydroxyl groups excluding tert-OH is 1. The number of aliphatic hydroxyl groups is 1. The molecule has 2 unspecified atom stereocenters. The molecule has 0 aliphatic carbocycles. The highest BCUT2D eigenvalue weighted by Crippen LogP contribution is 2.17. The molecule has 6 nitrogen and oxygen atoms in total. The first-order valence-electron chi connectivity index (χ1n) is 22.5. The summed E-state index contributed by atoms with van der Waals surface area (Å²) in [6.45, 7) is 4.51. The van der Waals surface area contributed by atoms with Gasteiger partial charge in [0.2, 0.25) is 5.91 Å². The van der Waals surface area contributed by atoms with Crippen LogP contribution in [0, 0.1) is 0 Å². The molecule has 0 aromatic heterocycles. The molecule has 1 amide bonds. The minimum absolute atomic E-state index is 0.251. The molecule has 0 aromatic carbocycles. The predicted octanol–water partition coefficient (Wildman–Crippen LogP) is 13.5. The van der Waals surface area contributed by atoms with E-state index in [0.717, 1.165) is 57.8 Å². The van der Waals surface area contributed by atoms with Crippen LogP contribution in [-0.2, 0) is 14.9 Å².